The van der Waals surface area contributed by atoms with Crippen molar-refractivity contribution in [3.8, 4) is 0 Å². The summed E-state index contributed by atoms with van der Waals surface area (Å²) in [6.07, 6.45) is 0.691. The van der Waals surface area contributed by atoms with E-state index in [4.69, 9.17) is 10.8 Å². The van der Waals surface area contributed by atoms with Crippen LogP contribution >= 0.6 is 0 Å². The molecule has 0 heterocycles. The summed E-state index contributed by atoms with van der Waals surface area (Å²) >= 11 is 0. The largest absolute Gasteiger partial charge is 0.396 e. The molecule has 0 spiro atoms. The van der Waals surface area contributed by atoms with Crippen molar-refractivity contribution in [1.29, 1.82) is 0 Å². The molecule has 4 heteroatoms. The minimum Gasteiger partial charge on any atom is -0.396 e. The summed E-state index contributed by atoms with van der Waals surface area (Å²) in [6.45, 7) is 7.01. The van der Waals surface area contributed by atoms with Gasteiger partial charge < -0.3 is 10.8 Å². The summed E-state index contributed by atoms with van der Waals surface area (Å²) in [5.74, 6) is -0.242. The standard InChI is InChI=1S/C15H25FN2O/c1-11(2)18(8-5-9-19)15(12(3)17)13-6-4-7-14(16)10-13/h4,6-7,10-12,15,19H,5,8-9,17H2,1-3H3. The fraction of sp³-hybridized carbons (Fsp3) is 0.600. The molecule has 1 rings (SSSR count). The summed E-state index contributed by atoms with van der Waals surface area (Å²) in [4.78, 5) is 2.22. The minimum atomic E-state index is -0.242. The van der Waals surface area contributed by atoms with Gasteiger partial charge in [0.25, 0.3) is 0 Å². The Bertz CT molecular complexity index is 382. The van der Waals surface area contributed by atoms with Crippen molar-refractivity contribution in [2.24, 2.45) is 5.73 Å². The van der Waals surface area contributed by atoms with E-state index in [-0.39, 0.29) is 30.5 Å². The van der Waals surface area contributed by atoms with Gasteiger partial charge in [-0.15, -0.1) is 0 Å². The zero-order valence-corrected chi connectivity index (χ0v) is 12.0. The van der Waals surface area contributed by atoms with Crippen molar-refractivity contribution in [3.05, 3.63) is 35.6 Å². The fourth-order valence-corrected chi connectivity index (χ4v) is 2.46. The van der Waals surface area contributed by atoms with Crippen molar-refractivity contribution in [2.75, 3.05) is 13.2 Å². The first-order valence-electron chi connectivity index (χ1n) is 6.85. The summed E-state index contributed by atoms with van der Waals surface area (Å²) in [7, 11) is 0. The highest BCUT2D eigenvalue weighted by Gasteiger charge is 2.26. The number of nitrogens with two attached hydrogens (primary N) is 1. The average Bonchev–Trinajstić information content (AvgIpc) is 2.33. The SMILES string of the molecule is CC(N)C(c1cccc(F)c1)N(CCCO)C(C)C. The molecular weight excluding hydrogens is 243 g/mol. The average molecular weight is 268 g/mol. The summed E-state index contributed by atoms with van der Waals surface area (Å²) in [5.41, 5.74) is 6.99. The van der Waals surface area contributed by atoms with Crippen molar-refractivity contribution < 1.29 is 9.50 Å². The monoisotopic (exact) mass is 268 g/mol. The molecule has 0 aliphatic rings. The first kappa shape index (κ1) is 16.1. The lowest BCUT2D eigenvalue weighted by molar-refractivity contribution is 0.122. The predicted octanol–water partition coefficient (Wildman–Crippen LogP) is 2.31. The van der Waals surface area contributed by atoms with E-state index >= 15 is 0 Å². The quantitative estimate of drug-likeness (QED) is 0.798. The van der Waals surface area contributed by atoms with E-state index in [0.717, 1.165) is 12.1 Å². The first-order valence-corrected chi connectivity index (χ1v) is 6.85. The Labute approximate surface area is 115 Å². The van der Waals surface area contributed by atoms with Crippen LogP contribution < -0.4 is 5.73 Å². The second kappa shape index (κ2) is 7.58. The third kappa shape index (κ3) is 4.56. The van der Waals surface area contributed by atoms with Gasteiger partial charge in [0.15, 0.2) is 0 Å². The summed E-state index contributed by atoms with van der Waals surface area (Å²) in [6, 6.07) is 6.74. The molecule has 0 bridgehead atoms. The molecule has 1 aromatic rings. The topological polar surface area (TPSA) is 49.5 Å². The van der Waals surface area contributed by atoms with E-state index in [9.17, 15) is 4.39 Å². The van der Waals surface area contributed by atoms with Gasteiger partial charge in [-0.25, -0.2) is 4.39 Å². The Morgan fingerprint density at radius 3 is 2.47 bits per heavy atom. The van der Waals surface area contributed by atoms with Crippen LogP contribution in [0.4, 0.5) is 4.39 Å². The molecule has 0 saturated carbocycles. The van der Waals surface area contributed by atoms with Crippen LogP contribution in [0.15, 0.2) is 24.3 Å². The molecular formula is C15H25FN2O. The number of hydrogen-bond donors (Lipinski definition) is 2. The molecule has 0 radical (unpaired) electrons. The Morgan fingerprint density at radius 2 is 2.00 bits per heavy atom. The van der Waals surface area contributed by atoms with Gasteiger partial charge in [0.2, 0.25) is 0 Å². The van der Waals surface area contributed by atoms with Gasteiger partial charge in [0, 0.05) is 31.3 Å². The number of aliphatic hydroxyl groups excluding tert-OH is 1. The van der Waals surface area contributed by atoms with Crippen LogP contribution in [0, 0.1) is 5.82 Å². The van der Waals surface area contributed by atoms with Crippen LogP contribution in [-0.2, 0) is 0 Å². The number of rotatable bonds is 7. The zero-order valence-electron chi connectivity index (χ0n) is 12.0. The van der Waals surface area contributed by atoms with Crippen LogP contribution in [0.5, 0.6) is 0 Å². The van der Waals surface area contributed by atoms with E-state index < -0.39 is 0 Å². The lowest BCUT2D eigenvalue weighted by Crippen LogP contribution is -2.43. The number of aliphatic hydroxyl groups is 1. The van der Waals surface area contributed by atoms with E-state index in [2.05, 4.69) is 18.7 Å². The van der Waals surface area contributed by atoms with E-state index in [1.807, 2.05) is 13.0 Å². The van der Waals surface area contributed by atoms with Crippen LogP contribution in [0.25, 0.3) is 0 Å². The smallest absolute Gasteiger partial charge is 0.123 e. The lowest BCUT2D eigenvalue weighted by Gasteiger charge is -2.37. The molecule has 2 unspecified atom stereocenters. The number of nitrogens with zero attached hydrogens (tertiary/aromatic N) is 1. The number of halogens is 1. The maximum atomic E-state index is 13.4. The van der Waals surface area contributed by atoms with Gasteiger partial charge in [0.1, 0.15) is 5.82 Å². The molecule has 0 fully saturated rings. The Kier molecular flexibility index (Phi) is 6.42. The molecule has 1 aromatic carbocycles. The van der Waals surface area contributed by atoms with Crippen molar-refractivity contribution in [2.45, 2.75) is 45.3 Å². The molecule has 108 valence electrons. The second-order valence-corrected chi connectivity index (χ2v) is 5.27. The van der Waals surface area contributed by atoms with Crippen molar-refractivity contribution in [3.63, 3.8) is 0 Å². The van der Waals surface area contributed by atoms with E-state index in [1.54, 1.807) is 12.1 Å². The van der Waals surface area contributed by atoms with Crippen molar-refractivity contribution >= 4 is 0 Å². The second-order valence-electron chi connectivity index (χ2n) is 5.27. The highest BCUT2D eigenvalue weighted by atomic mass is 19.1. The molecule has 0 saturated heterocycles. The first-order chi connectivity index (χ1) is 8.97. The molecule has 0 aliphatic carbocycles. The number of benzene rings is 1. The maximum Gasteiger partial charge on any atom is 0.123 e. The third-order valence-electron chi connectivity index (χ3n) is 3.28. The highest BCUT2D eigenvalue weighted by molar-refractivity contribution is 5.22. The van der Waals surface area contributed by atoms with Crippen LogP contribution in [-0.4, -0.2) is 35.2 Å². The summed E-state index contributed by atoms with van der Waals surface area (Å²) in [5, 5.41) is 9.01. The van der Waals surface area contributed by atoms with Crippen LogP contribution in [0.2, 0.25) is 0 Å². The zero-order chi connectivity index (χ0) is 14.4. The van der Waals surface area contributed by atoms with Gasteiger partial charge in [-0.2, -0.15) is 0 Å². The molecule has 0 aromatic heterocycles. The van der Waals surface area contributed by atoms with E-state index in [0.29, 0.717) is 6.42 Å². The van der Waals surface area contributed by atoms with E-state index in [1.165, 1.54) is 6.07 Å². The van der Waals surface area contributed by atoms with Gasteiger partial charge in [-0.05, 0) is 44.9 Å². The molecule has 3 nitrogen and oxygen atoms in total. The number of hydrogen-bond acceptors (Lipinski definition) is 3. The molecule has 0 aliphatic heterocycles. The molecule has 19 heavy (non-hydrogen) atoms. The van der Waals surface area contributed by atoms with Gasteiger partial charge in [0.05, 0.1) is 0 Å². The fourth-order valence-electron chi connectivity index (χ4n) is 2.46. The van der Waals surface area contributed by atoms with Gasteiger partial charge >= 0.3 is 0 Å². The normalized spacial score (nSPS) is 14.9. The van der Waals surface area contributed by atoms with Crippen molar-refractivity contribution in [1.82, 2.24) is 4.90 Å². The van der Waals surface area contributed by atoms with Crippen LogP contribution in [0.1, 0.15) is 38.8 Å². The highest BCUT2D eigenvalue weighted by Crippen LogP contribution is 2.26. The Balaban J connectivity index is 3.03. The maximum absolute atomic E-state index is 13.4. The van der Waals surface area contributed by atoms with Crippen LogP contribution in [0.3, 0.4) is 0 Å². The summed E-state index contributed by atoms with van der Waals surface area (Å²) < 4.78 is 13.4. The Hall–Kier alpha value is -0.970. The van der Waals surface area contributed by atoms with Gasteiger partial charge in [-0.1, -0.05) is 12.1 Å². The lowest BCUT2D eigenvalue weighted by atomic mass is 9.97. The molecule has 2 atom stereocenters. The molecule has 3 N–H and O–H groups in total. The predicted molar refractivity (Wildman–Crippen MR) is 76.3 cm³/mol. The molecule has 0 amide bonds. The Morgan fingerprint density at radius 1 is 1.32 bits per heavy atom. The van der Waals surface area contributed by atoms with Gasteiger partial charge in [-0.3, -0.25) is 4.90 Å². The third-order valence-corrected chi connectivity index (χ3v) is 3.28. The minimum absolute atomic E-state index is 0.0396.